The molecule has 0 atom stereocenters. The van der Waals surface area contributed by atoms with Gasteiger partial charge in [-0.15, -0.1) is 0 Å². The van der Waals surface area contributed by atoms with Gasteiger partial charge in [0.25, 0.3) is 5.91 Å². The summed E-state index contributed by atoms with van der Waals surface area (Å²) in [7, 11) is 0. The van der Waals surface area contributed by atoms with Gasteiger partial charge in [0.1, 0.15) is 5.75 Å². The first-order valence-electron chi connectivity index (χ1n) is 6.89. The van der Waals surface area contributed by atoms with E-state index < -0.39 is 11.9 Å². The zero-order valence-electron chi connectivity index (χ0n) is 12.7. The van der Waals surface area contributed by atoms with Gasteiger partial charge in [0, 0.05) is 4.47 Å². The number of carboxylic acids is 1. The number of aromatic carboxylic acids is 1. The van der Waals surface area contributed by atoms with Gasteiger partial charge in [0.05, 0.1) is 11.3 Å². The summed E-state index contributed by atoms with van der Waals surface area (Å²) >= 11 is 3.20. The molecule has 2 aromatic carbocycles. The number of ether oxygens (including phenoxy) is 1. The van der Waals surface area contributed by atoms with Crippen molar-refractivity contribution >= 4 is 33.5 Å². The zero-order chi connectivity index (χ0) is 17.0. The number of anilines is 1. The first-order chi connectivity index (χ1) is 10.8. The molecule has 2 N–H and O–H groups in total. The molecule has 0 spiro atoms. The van der Waals surface area contributed by atoms with Crippen molar-refractivity contribution in [2.24, 2.45) is 0 Å². The molecule has 2 aromatic rings. The Kier molecular flexibility index (Phi) is 5.39. The molecule has 1 amide bonds. The van der Waals surface area contributed by atoms with E-state index in [0.29, 0.717) is 10.2 Å². The Hall–Kier alpha value is -2.34. The lowest BCUT2D eigenvalue weighted by molar-refractivity contribution is -0.118. The summed E-state index contributed by atoms with van der Waals surface area (Å²) in [5, 5.41) is 11.7. The predicted octanol–water partition coefficient (Wildman–Crippen LogP) is 3.78. The minimum absolute atomic E-state index is 0.0131. The average molecular weight is 378 g/mol. The van der Waals surface area contributed by atoms with Crippen molar-refractivity contribution in [1.82, 2.24) is 0 Å². The molecule has 0 saturated heterocycles. The molecule has 0 fully saturated rings. The van der Waals surface area contributed by atoms with Crippen molar-refractivity contribution in [3.63, 3.8) is 0 Å². The van der Waals surface area contributed by atoms with E-state index in [1.807, 2.05) is 32.0 Å². The van der Waals surface area contributed by atoms with Gasteiger partial charge in [-0.25, -0.2) is 4.79 Å². The molecule has 0 radical (unpaired) electrons. The number of rotatable bonds is 5. The van der Waals surface area contributed by atoms with Crippen molar-refractivity contribution in [1.29, 1.82) is 0 Å². The molecule has 2 rings (SSSR count). The number of hydrogen-bond acceptors (Lipinski definition) is 3. The van der Waals surface area contributed by atoms with Gasteiger partial charge >= 0.3 is 5.97 Å². The van der Waals surface area contributed by atoms with Crippen LogP contribution in [0.1, 0.15) is 21.5 Å². The number of aryl methyl sites for hydroxylation is 2. The Balaban J connectivity index is 2.04. The van der Waals surface area contributed by atoms with Crippen LogP contribution in [0.2, 0.25) is 0 Å². The summed E-state index contributed by atoms with van der Waals surface area (Å²) in [5.74, 6) is -0.933. The van der Waals surface area contributed by atoms with E-state index in [1.165, 1.54) is 12.1 Å². The topological polar surface area (TPSA) is 75.6 Å². The molecular formula is C17H16BrNO4. The van der Waals surface area contributed by atoms with Crippen LogP contribution in [-0.4, -0.2) is 23.6 Å². The largest absolute Gasteiger partial charge is 0.484 e. The van der Waals surface area contributed by atoms with Crippen molar-refractivity contribution < 1.29 is 19.4 Å². The van der Waals surface area contributed by atoms with E-state index in [-0.39, 0.29) is 17.9 Å². The maximum absolute atomic E-state index is 12.0. The fourth-order valence-corrected chi connectivity index (χ4v) is 2.51. The first-order valence-corrected chi connectivity index (χ1v) is 7.68. The molecule has 0 heterocycles. The van der Waals surface area contributed by atoms with E-state index in [0.717, 1.165) is 11.1 Å². The van der Waals surface area contributed by atoms with Crippen LogP contribution < -0.4 is 10.1 Å². The second kappa shape index (κ2) is 7.28. The summed E-state index contributed by atoms with van der Waals surface area (Å²) in [6, 6.07) is 10.3. The smallest absolute Gasteiger partial charge is 0.337 e. The Labute approximate surface area is 142 Å². The molecule has 0 aromatic heterocycles. The number of nitrogens with one attached hydrogen (secondary N) is 1. The molecule has 120 valence electrons. The number of hydrogen-bond donors (Lipinski definition) is 2. The Bertz CT molecular complexity index is 738. The lowest BCUT2D eigenvalue weighted by Gasteiger charge is -2.11. The van der Waals surface area contributed by atoms with Crippen LogP contribution in [0.25, 0.3) is 0 Å². The number of carbonyl (C=O) groups is 2. The minimum Gasteiger partial charge on any atom is -0.484 e. The Morgan fingerprint density at radius 2 is 1.78 bits per heavy atom. The maximum atomic E-state index is 12.0. The highest BCUT2D eigenvalue weighted by atomic mass is 79.9. The third kappa shape index (κ3) is 4.82. The van der Waals surface area contributed by atoms with Gasteiger partial charge in [0.2, 0.25) is 0 Å². The fourth-order valence-electron chi connectivity index (χ4n) is 2.15. The van der Waals surface area contributed by atoms with Gasteiger partial charge < -0.3 is 15.2 Å². The standard InChI is InChI=1S/C17H16BrNO4/c1-10-5-11(2)7-13(6-10)23-9-16(20)19-15-4-3-12(18)8-14(15)17(21)22/h3-8H,9H2,1-2H3,(H,19,20)(H,21,22). The predicted molar refractivity (Wildman–Crippen MR) is 91.1 cm³/mol. The third-order valence-corrected chi connectivity index (χ3v) is 3.54. The average Bonchev–Trinajstić information content (AvgIpc) is 2.46. The van der Waals surface area contributed by atoms with Crippen LogP contribution in [0.4, 0.5) is 5.69 Å². The van der Waals surface area contributed by atoms with Gasteiger partial charge in [-0.05, 0) is 55.3 Å². The highest BCUT2D eigenvalue weighted by Crippen LogP contribution is 2.21. The monoisotopic (exact) mass is 377 g/mol. The Morgan fingerprint density at radius 3 is 2.39 bits per heavy atom. The van der Waals surface area contributed by atoms with E-state index >= 15 is 0 Å². The minimum atomic E-state index is -1.11. The van der Waals surface area contributed by atoms with Gasteiger partial charge in [0.15, 0.2) is 6.61 Å². The molecule has 6 heteroatoms. The second-order valence-electron chi connectivity index (χ2n) is 5.16. The molecule has 23 heavy (non-hydrogen) atoms. The van der Waals surface area contributed by atoms with E-state index in [9.17, 15) is 9.59 Å². The maximum Gasteiger partial charge on any atom is 0.337 e. The quantitative estimate of drug-likeness (QED) is 0.830. The van der Waals surface area contributed by atoms with E-state index in [2.05, 4.69) is 21.2 Å². The normalized spacial score (nSPS) is 10.2. The fraction of sp³-hybridized carbons (Fsp3) is 0.176. The van der Waals surface area contributed by atoms with Crippen molar-refractivity contribution in [2.75, 3.05) is 11.9 Å². The highest BCUT2D eigenvalue weighted by Gasteiger charge is 2.13. The molecular weight excluding hydrogens is 362 g/mol. The summed E-state index contributed by atoms with van der Waals surface area (Å²) in [6.07, 6.45) is 0. The number of carbonyl (C=O) groups excluding carboxylic acids is 1. The van der Waals surface area contributed by atoms with E-state index in [1.54, 1.807) is 6.07 Å². The van der Waals surface area contributed by atoms with Crippen molar-refractivity contribution in [2.45, 2.75) is 13.8 Å². The summed E-state index contributed by atoms with van der Waals surface area (Å²) in [6.45, 7) is 3.69. The Morgan fingerprint density at radius 1 is 1.13 bits per heavy atom. The van der Waals surface area contributed by atoms with Crippen LogP contribution in [0.15, 0.2) is 40.9 Å². The summed E-state index contributed by atoms with van der Waals surface area (Å²) in [5.41, 5.74) is 2.33. The number of carboxylic acid groups (broad SMARTS) is 1. The molecule has 0 aliphatic heterocycles. The van der Waals surface area contributed by atoms with Crippen LogP contribution in [0, 0.1) is 13.8 Å². The molecule has 5 nitrogen and oxygen atoms in total. The lowest BCUT2D eigenvalue weighted by Crippen LogP contribution is -2.21. The van der Waals surface area contributed by atoms with Gasteiger partial charge in [-0.3, -0.25) is 4.79 Å². The van der Waals surface area contributed by atoms with Crippen LogP contribution in [0.5, 0.6) is 5.75 Å². The SMILES string of the molecule is Cc1cc(C)cc(OCC(=O)Nc2ccc(Br)cc2C(=O)O)c1. The van der Waals surface area contributed by atoms with Crippen LogP contribution in [0.3, 0.4) is 0 Å². The first kappa shape index (κ1) is 17.0. The highest BCUT2D eigenvalue weighted by molar-refractivity contribution is 9.10. The van der Waals surface area contributed by atoms with Crippen molar-refractivity contribution in [3.8, 4) is 5.75 Å². The summed E-state index contributed by atoms with van der Waals surface area (Å²) < 4.78 is 6.08. The van der Waals surface area contributed by atoms with Crippen LogP contribution >= 0.6 is 15.9 Å². The van der Waals surface area contributed by atoms with Gasteiger partial charge in [-0.2, -0.15) is 0 Å². The number of benzene rings is 2. The molecule has 0 aliphatic rings. The van der Waals surface area contributed by atoms with E-state index in [4.69, 9.17) is 9.84 Å². The lowest BCUT2D eigenvalue weighted by atomic mass is 10.1. The third-order valence-electron chi connectivity index (χ3n) is 3.05. The second-order valence-corrected chi connectivity index (χ2v) is 6.07. The number of amides is 1. The molecule has 0 bridgehead atoms. The van der Waals surface area contributed by atoms with Gasteiger partial charge in [-0.1, -0.05) is 22.0 Å². The number of halogens is 1. The van der Waals surface area contributed by atoms with Crippen molar-refractivity contribution in [3.05, 3.63) is 57.6 Å². The molecule has 0 saturated carbocycles. The molecule has 0 unspecified atom stereocenters. The zero-order valence-corrected chi connectivity index (χ0v) is 14.3. The van der Waals surface area contributed by atoms with Crippen LogP contribution in [-0.2, 0) is 4.79 Å². The molecule has 0 aliphatic carbocycles. The summed E-state index contributed by atoms with van der Waals surface area (Å²) in [4.78, 5) is 23.2.